The topological polar surface area (TPSA) is 129 Å². The van der Waals surface area contributed by atoms with Crippen molar-refractivity contribution >= 4 is 59.8 Å². The summed E-state index contributed by atoms with van der Waals surface area (Å²) in [6.07, 6.45) is 8.12. The summed E-state index contributed by atoms with van der Waals surface area (Å²) in [5.74, 6) is -0.270. The minimum Gasteiger partial charge on any atom is -0.393 e. The summed E-state index contributed by atoms with van der Waals surface area (Å²) in [5, 5.41) is 13.9. The van der Waals surface area contributed by atoms with Crippen LogP contribution in [0.25, 0.3) is 32.2 Å². The number of pyridine rings is 1. The van der Waals surface area contributed by atoms with Gasteiger partial charge in [-0.25, -0.2) is 18.1 Å². The predicted octanol–water partition coefficient (Wildman–Crippen LogP) is 3.29. The van der Waals surface area contributed by atoms with Gasteiger partial charge in [-0.3, -0.25) is 14.2 Å². The number of allylic oxidation sites excluding steroid dienone is 1. The molecule has 0 amide bonds. The molecule has 11 heteroatoms. The van der Waals surface area contributed by atoms with Crippen LogP contribution in [0, 0.1) is 5.41 Å². The van der Waals surface area contributed by atoms with Crippen LogP contribution in [0.5, 0.6) is 0 Å². The molecule has 0 atom stereocenters. The maximum absolute atomic E-state index is 13.5. The summed E-state index contributed by atoms with van der Waals surface area (Å²) in [7, 11) is -1.94. The van der Waals surface area contributed by atoms with Gasteiger partial charge in [0.2, 0.25) is 10.0 Å². The summed E-state index contributed by atoms with van der Waals surface area (Å²) in [4.78, 5) is 23.1. The van der Waals surface area contributed by atoms with Gasteiger partial charge in [-0.05, 0) is 29.1 Å². The first kappa shape index (κ1) is 23.8. The normalized spacial score (nSPS) is 12.4. The maximum atomic E-state index is 13.5. The Bertz CT molecular complexity index is 1790. The van der Waals surface area contributed by atoms with Gasteiger partial charge >= 0.3 is 0 Å². The van der Waals surface area contributed by atoms with Crippen LogP contribution in [0.4, 0.5) is 0 Å². The molecule has 0 unspecified atom stereocenters. The van der Waals surface area contributed by atoms with E-state index in [0.29, 0.717) is 44.1 Å². The van der Waals surface area contributed by atoms with Crippen LogP contribution in [0.15, 0.2) is 71.4 Å². The second-order valence-electron chi connectivity index (χ2n) is 8.18. The average molecular weight is 519 g/mol. The molecule has 5 aromatic rings. The van der Waals surface area contributed by atoms with Gasteiger partial charge in [0.15, 0.2) is 10.4 Å². The zero-order valence-electron chi connectivity index (χ0n) is 19.2. The highest BCUT2D eigenvalue weighted by atomic mass is 32.2. The molecule has 0 aliphatic carbocycles. The fourth-order valence-electron chi connectivity index (χ4n) is 3.98. The number of rotatable bonds is 8. The summed E-state index contributed by atoms with van der Waals surface area (Å²) >= 11 is 1.48. The Hall–Kier alpha value is -3.93. The van der Waals surface area contributed by atoms with E-state index in [2.05, 4.69) is 20.0 Å². The van der Waals surface area contributed by atoms with Gasteiger partial charge in [0.25, 0.3) is 0 Å². The van der Waals surface area contributed by atoms with E-state index >= 15 is 0 Å². The number of fused-ring (bicyclic) bond motifs is 3. The third kappa shape index (κ3) is 4.76. The molecular formula is C25H22N6O3S2. The number of sulfonamides is 1. The molecule has 0 spiro atoms. The Balaban J connectivity index is 1.47. The number of benzene rings is 1. The lowest BCUT2D eigenvalue weighted by molar-refractivity contribution is 0.580. The van der Waals surface area contributed by atoms with Crippen molar-refractivity contribution in [1.29, 1.82) is 5.41 Å². The van der Waals surface area contributed by atoms with Gasteiger partial charge in [-0.1, -0.05) is 18.2 Å². The Morgan fingerprint density at radius 3 is 2.81 bits per heavy atom. The summed E-state index contributed by atoms with van der Waals surface area (Å²) in [5.41, 5.74) is 2.60. The average Bonchev–Trinajstić information content (AvgIpc) is 3.43. The zero-order valence-corrected chi connectivity index (χ0v) is 20.9. The highest BCUT2D eigenvalue weighted by Gasteiger charge is 2.14. The van der Waals surface area contributed by atoms with Crippen LogP contribution in [-0.2, 0) is 22.3 Å². The van der Waals surface area contributed by atoms with E-state index in [1.165, 1.54) is 17.6 Å². The van der Waals surface area contributed by atoms with E-state index in [1.807, 2.05) is 16.0 Å². The molecule has 2 aromatic carbocycles. The highest BCUT2D eigenvalue weighted by Crippen LogP contribution is 2.20. The Kier molecular flexibility index (Phi) is 6.35. The van der Waals surface area contributed by atoms with Crippen LogP contribution >= 0.6 is 11.3 Å². The minimum atomic E-state index is -3.67. The number of imidazole rings is 1. The Morgan fingerprint density at radius 1 is 1.19 bits per heavy atom. The van der Waals surface area contributed by atoms with Crippen molar-refractivity contribution in [2.75, 3.05) is 7.05 Å². The second kappa shape index (κ2) is 9.61. The second-order valence-corrected chi connectivity index (χ2v) is 10.9. The molecule has 0 saturated carbocycles. The monoisotopic (exact) mass is 518 g/mol. The van der Waals surface area contributed by atoms with Crippen molar-refractivity contribution < 1.29 is 8.42 Å². The van der Waals surface area contributed by atoms with Gasteiger partial charge in [0, 0.05) is 65.3 Å². The van der Waals surface area contributed by atoms with E-state index < -0.39 is 10.0 Å². The van der Waals surface area contributed by atoms with Crippen molar-refractivity contribution in [3.05, 3.63) is 93.6 Å². The molecule has 0 saturated heterocycles. The van der Waals surface area contributed by atoms with Gasteiger partial charge in [0.05, 0.1) is 23.5 Å². The molecule has 5 rings (SSSR count). The van der Waals surface area contributed by atoms with Crippen LogP contribution in [0.1, 0.15) is 16.8 Å². The third-order valence-electron chi connectivity index (χ3n) is 5.71. The van der Waals surface area contributed by atoms with E-state index in [-0.39, 0.29) is 17.7 Å². The molecule has 182 valence electrons. The number of aromatic nitrogens is 3. The van der Waals surface area contributed by atoms with Crippen molar-refractivity contribution in [2.24, 2.45) is 0 Å². The van der Waals surface area contributed by atoms with Crippen LogP contribution in [-0.4, -0.2) is 36.0 Å². The first-order valence-electron chi connectivity index (χ1n) is 11.0. The van der Waals surface area contributed by atoms with Gasteiger partial charge in [-0.15, -0.1) is 11.3 Å². The molecule has 3 heterocycles. The van der Waals surface area contributed by atoms with Crippen LogP contribution in [0.2, 0.25) is 0 Å². The molecule has 0 bridgehead atoms. The minimum absolute atomic E-state index is 0.0840. The number of thiazole rings is 1. The van der Waals surface area contributed by atoms with E-state index in [4.69, 9.17) is 5.41 Å². The van der Waals surface area contributed by atoms with Crippen LogP contribution in [0.3, 0.4) is 0 Å². The van der Waals surface area contributed by atoms with Crippen molar-refractivity contribution in [1.82, 2.24) is 24.4 Å². The lowest BCUT2D eigenvalue weighted by Crippen LogP contribution is -2.24. The fraction of sp³-hybridized carbons (Fsp3) is 0.120. The highest BCUT2D eigenvalue weighted by molar-refractivity contribution is 7.88. The summed E-state index contributed by atoms with van der Waals surface area (Å²) in [6.45, 7) is 0.0840. The SMILES string of the molecule is CN/C=C(\C=N)c1cnc2ccc3ccc(CS(=O)(=O)NCc4cn5ccsc5n4)cc3c(=O)c2c1. The molecule has 36 heavy (non-hydrogen) atoms. The number of hydrogen-bond acceptors (Lipinski definition) is 8. The Labute approximate surface area is 210 Å². The quantitative estimate of drug-likeness (QED) is 0.270. The molecule has 0 aliphatic rings. The smallest absolute Gasteiger partial charge is 0.216 e. The van der Waals surface area contributed by atoms with E-state index in [1.54, 1.807) is 62.0 Å². The van der Waals surface area contributed by atoms with Crippen molar-refractivity contribution in [3.63, 3.8) is 0 Å². The Morgan fingerprint density at radius 2 is 2.03 bits per heavy atom. The molecule has 0 radical (unpaired) electrons. The number of nitrogens with one attached hydrogen (secondary N) is 3. The fourth-order valence-corrected chi connectivity index (χ4v) is 5.78. The summed E-state index contributed by atoms with van der Waals surface area (Å²) < 4.78 is 30.0. The molecule has 0 fully saturated rings. The van der Waals surface area contributed by atoms with Gasteiger partial charge in [-0.2, -0.15) is 0 Å². The van der Waals surface area contributed by atoms with E-state index in [9.17, 15) is 13.2 Å². The molecule has 9 nitrogen and oxygen atoms in total. The zero-order chi connectivity index (χ0) is 25.3. The number of nitrogens with zero attached hydrogens (tertiary/aromatic N) is 3. The number of hydrogen-bond donors (Lipinski definition) is 3. The van der Waals surface area contributed by atoms with Crippen molar-refractivity contribution in [2.45, 2.75) is 12.3 Å². The lowest BCUT2D eigenvalue weighted by Gasteiger charge is -2.06. The predicted molar refractivity (Wildman–Crippen MR) is 144 cm³/mol. The largest absolute Gasteiger partial charge is 0.393 e. The van der Waals surface area contributed by atoms with Crippen LogP contribution < -0.4 is 15.5 Å². The van der Waals surface area contributed by atoms with Crippen molar-refractivity contribution in [3.8, 4) is 0 Å². The third-order valence-corrected chi connectivity index (χ3v) is 7.78. The van der Waals surface area contributed by atoms with Gasteiger partial charge < -0.3 is 10.7 Å². The standard InChI is InChI=1S/C25H22N6O3S2/c1-27-11-19(10-26)18-9-22-23(28-12-18)5-4-17-3-2-16(8-21(17)24(22)32)15-36(33,34)29-13-20-14-31-6-7-35-25(31)30-20/h2-12,14,26-27,29H,13,15H2,1H3/b19-11+,26-10?. The molecule has 0 aliphatic heterocycles. The summed E-state index contributed by atoms with van der Waals surface area (Å²) in [6, 6.07) is 10.3. The molecule has 3 aromatic heterocycles. The first-order chi connectivity index (χ1) is 17.4. The van der Waals surface area contributed by atoms with E-state index in [0.717, 1.165) is 4.96 Å². The molecular weight excluding hydrogens is 496 g/mol. The lowest BCUT2D eigenvalue weighted by atomic mass is 10.1. The maximum Gasteiger partial charge on any atom is 0.216 e. The van der Waals surface area contributed by atoms with Gasteiger partial charge in [0.1, 0.15) is 0 Å². The first-order valence-corrected chi connectivity index (χ1v) is 13.5. The molecule has 3 N–H and O–H groups in total.